The maximum absolute atomic E-state index is 12.8. The van der Waals surface area contributed by atoms with Crippen molar-refractivity contribution >= 4 is 37.3 Å². The largest absolute Gasteiger partial charge is 0.315 e. The van der Waals surface area contributed by atoms with Crippen molar-refractivity contribution in [2.75, 3.05) is 14.1 Å². The Hall–Kier alpha value is 0.0500. The fourth-order valence-corrected chi connectivity index (χ4v) is 6.69. The molecule has 1 fully saturated rings. The lowest BCUT2D eigenvalue weighted by molar-refractivity contribution is 0.286. The molecular weight excluding hydrogens is 360 g/mol. The van der Waals surface area contributed by atoms with Crippen LogP contribution in [0.3, 0.4) is 0 Å². The number of halogens is 1. The van der Waals surface area contributed by atoms with E-state index in [1.54, 1.807) is 17.4 Å². The molecule has 2 rings (SSSR count). The molecule has 0 saturated heterocycles. The minimum absolute atomic E-state index is 0.147. The predicted molar refractivity (Wildman–Crippen MR) is 86.6 cm³/mol. The highest BCUT2D eigenvalue weighted by Gasteiger charge is 2.31. The van der Waals surface area contributed by atoms with Crippen molar-refractivity contribution in [3.63, 3.8) is 0 Å². The molecule has 1 aromatic rings. The van der Waals surface area contributed by atoms with Gasteiger partial charge in [0.05, 0.1) is 3.79 Å². The molecule has 0 unspecified atom stereocenters. The third kappa shape index (κ3) is 3.44. The molecule has 1 saturated carbocycles. The first-order valence-corrected chi connectivity index (χ1v) is 9.92. The van der Waals surface area contributed by atoms with E-state index in [9.17, 15) is 8.42 Å². The summed E-state index contributed by atoms with van der Waals surface area (Å²) in [5.41, 5.74) is 0. The van der Waals surface area contributed by atoms with E-state index in [-0.39, 0.29) is 6.04 Å². The fourth-order valence-electron chi connectivity index (χ4n) is 2.63. The molecule has 0 aromatic carbocycles. The summed E-state index contributed by atoms with van der Waals surface area (Å²) in [4.78, 5) is 1.43. The highest BCUT2D eigenvalue weighted by molar-refractivity contribution is 9.11. The normalized spacial score (nSPS) is 17.8. The second kappa shape index (κ2) is 6.87. The van der Waals surface area contributed by atoms with Crippen molar-refractivity contribution in [2.24, 2.45) is 0 Å². The van der Waals surface area contributed by atoms with Crippen LogP contribution in [0.5, 0.6) is 0 Å². The van der Waals surface area contributed by atoms with Crippen LogP contribution in [0, 0.1) is 0 Å². The van der Waals surface area contributed by atoms with Gasteiger partial charge in [-0.2, -0.15) is 4.31 Å². The summed E-state index contributed by atoms with van der Waals surface area (Å²) < 4.78 is 27.8. The van der Waals surface area contributed by atoms with Crippen LogP contribution in [0.2, 0.25) is 0 Å². The van der Waals surface area contributed by atoms with Crippen LogP contribution in [0.25, 0.3) is 0 Å². The highest BCUT2D eigenvalue weighted by Crippen LogP contribution is 2.35. The van der Waals surface area contributed by atoms with Gasteiger partial charge < -0.3 is 5.32 Å². The average molecular weight is 381 g/mol. The second-order valence-electron chi connectivity index (χ2n) is 5.19. The third-order valence-corrected chi connectivity index (χ3v) is 7.97. The van der Waals surface area contributed by atoms with E-state index in [0.29, 0.717) is 15.2 Å². The Bertz CT molecular complexity index is 551. The average Bonchev–Trinajstić information content (AvgIpc) is 2.81. The molecule has 20 heavy (non-hydrogen) atoms. The minimum atomic E-state index is -3.40. The molecule has 1 heterocycles. The number of rotatable bonds is 5. The Kier molecular flexibility index (Phi) is 5.64. The summed E-state index contributed by atoms with van der Waals surface area (Å²) >= 11 is 4.88. The standard InChI is InChI=1S/C13H21BrN2O2S2/c1-15-9-11-8-12(13(14)19-11)20(17,18)16(2)10-6-4-3-5-7-10/h8,10,15H,3-7,9H2,1-2H3. The summed E-state index contributed by atoms with van der Waals surface area (Å²) in [7, 11) is 0.175. The third-order valence-electron chi connectivity index (χ3n) is 3.80. The van der Waals surface area contributed by atoms with Gasteiger partial charge in [-0.3, -0.25) is 0 Å². The molecule has 114 valence electrons. The van der Waals surface area contributed by atoms with Gasteiger partial charge >= 0.3 is 0 Å². The van der Waals surface area contributed by atoms with Gasteiger partial charge in [-0.1, -0.05) is 19.3 Å². The van der Waals surface area contributed by atoms with E-state index in [1.165, 1.54) is 17.8 Å². The maximum atomic E-state index is 12.8. The van der Waals surface area contributed by atoms with Crippen molar-refractivity contribution in [3.05, 3.63) is 14.7 Å². The Labute approximate surface area is 133 Å². The molecule has 1 aromatic heterocycles. The van der Waals surface area contributed by atoms with E-state index < -0.39 is 10.0 Å². The zero-order valence-electron chi connectivity index (χ0n) is 11.9. The molecule has 7 heteroatoms. The van der Waals surface area contributed by atoms with E-state index in [0.717, 1.165) is 30.6 Å². The highest BCUT2D eigenvalue weighted by atomic mass is 79.9. The fraction of sp³-hybridized carbons (Fsp3) is 0.692. The van der Waals surface area contributed by atoms with Crippen LogP contribution in [0.4, 0.5) is 0 Å². The van der Waals surface area contributed by atoms with Gasteiger partial charge in [0, 0.05) is 24.5 Å². The van der Waals surface area contributed by atoms with Gasteiger partial charge in [0.25, 0.3) is 0 Å². The lowest BCUT2D eigenvalue weighted by Crippen LogP contribution is -2.38. The molecule has 4 nitrogen and oxygen atoms in total. The lowest BCUT2D eigenvalue weighted by Gasteiger charge is -2.30. The van der Waals surface area contributed by atoms with Gasteiger partial charge in [-0.05, 0) is 41.9 Å². The lowest BCUT2D eigenvalue weighted by atomic mass is 9.96. The topological polar surface area (TPSA) is 49.4 Å². The van der Waals surface area contributed by atoms with Gasteiger partial charge in [-0.25, -0.2) is 8.42 Å². The zero-order chi connectivity index (χ0) is 14.8. The first-order chi connectivity index (χ1) is 9.46. The smallest absolute Gasteiger partial charge is 0.245 e. The van der Waals surface area contributed by atoms with E-state index in [2.05, 4.69) is 21.2 Å². The number of thiophene rings is 1. The Morgan fingerprint density at radius 3 is 2.65 bits per heavy atom. The SMILES string of the molecule is CNCc1cc(S(=O)(=O)N(C)C2CCCCC2)c(Br)s1. The second-order valence-corrected chi connectivity index (χ2v) is 9.61. The molecule has 1 aliphatic carbocycles. The van der Waals surface area contributed by atoms with Crippen LogP contribution >= 0.6 is 27.3 Å². The van der Waals surface area contributed by atoms with Gasteiger partial charge in [0.1, 0.15) is 4.90 Å². The Morgan fingerprint density at radius 1 is 1.40 bits per heavy atom. The van der Waals surface area contributed by atoms with Crippen LogP contribution < -0.4 is 5.32 Å². The molecule has 0 radical (unpaired) electrons. The number of nitrogens with zero attached hydrogens (tertiary/aromatic N) is 1. The van der Waals surface area contributed by atoms with E-state index in [4.69, 9.17) is 0 Å². The van der Waals surface area contributed by atoms with Crippen molar-refractivity contribution in [3.8, 4) is 0 Å². The minimum Gasteiger partial charge on any atom is -0.315 e. The number of nitrogens with one attached hydrogen (secondary N) is 1. The van der Waals surface area contributed by atoms with Gasteiger partial charge in [0.2, 0.25) is 10.0 Å². The first-order valence-electron chi connectivity index (χ1n) is 6.87. The molecule has 1 aliphatic rings. The van der Waals surface area contributed by atoms with Crippen LogP contribution in [0.1, 0.15) is 37.0 Å². The predicted octanol–water partition coefficient (Wildman–Crippen LogP) is 3.18. The summed E-state index contributed by atoms with van der Waals surface area (Å²) in [5, 5.41) is 3.05. The quantitative estimate of drug-likeness (QED) is 0.852. The molecule has 0 spiro atoms. The van der Waals surface area contributed by atoms with Crippen LogP contribution in [-0.4, -0.2) is 32.9 Å². The molecule has 1 N–H and O–H groups in total. The molecule has 0 aliphatic heterocycles. The van der Waals surface area contributed by atoms with Crippen LogP contribution in [0.15, 0.2) is 14.7 Å². The summed E-state index contributed by atoms with van der Waals surface area (Å²) in [5.74, 6) is 0. The van der Waals surface area contributed by atoms with Crippen molar-refractivity contribution in [1.29, 1.82) is 0 Å². The van der Waals surface area contributed by atoms with Crippen molar-refractivity contribution in [2.45, 2.75) is 49.6 Å². The zero-order valence-corrected chi connectivity index (χ0v) is 15.1. The molecule has 0 amide bonds. The van der Waals surface area contributed by atoms with Crippen molar-refractivity contribution < 1.29 is 8.42 Å². The number of sulfonamides is 1. The summed E-state index contributed by atoms with van der Waals surface area (Å²) in [6, 6.07) is 1.92. The monoisotopic (exact) mass is 380 g/mol. The van der Waals surface area contributed by atoms with E-state index in [1.807, 2.05) is 7.05 Å². The van der Waals surface area contributed by atoms with Gasteiger partial charge in [0.15, 0.2) is 0 Å². The molecular formula is C13H21BrN2O2S2. The molecule has 0 bridgehead atoms. The Balaban J connectivity index is 2.24. The van der Waals surface area contributed by atoms with Crippen molar-refractivity contribution in [1.82, 2.24) is 9.62 Å². The van der Waals surface area contributed by atoms with Crippen LogP contribution in [-0.2, 0) is 16.6 Å². The van der Waals surface area contributed by atoms with Gasteiger partial charge in [-0.15, -0.1) is 11.3 Å². The Morgan fingerprint density at radius 2 is 2.05 bits per heavy atom. The number of hydrogen-bond donors (Lipinski definition) is 1. The molecule has 0 atom stereocenters. The van der Waals surface area contributed by atoms with E-state index >= 15 is 0 Å². The summed E-state index contributed by atoms with van der Waals surface area (Å²) in [6.45, 7) is 0.686. The first kappa shape index (κ1) is 16.4. The maximum Gasteiger partial charge on any atom is 0.245 e. The number of hydrogen-bond acceptors (Lipinski definition) is 4. The summed E-state index contributed by atoms with van der Waals surface area (Å²) in [6.07, 6.45) is 5.42.